The molecule has 5 nitrogen and oxygen atoms in total. The Balaban J connectivity index is 1.50. The molecule has 0 spiro atoms. The SMILES string of the molecule is Cn1ccc(C2CCN(CC(=O)Nc3ccccc3)CC2)cc1=O. The normalized spacial score (nSPS) is 16.0. The summed E-state index contributed by atoms with van der Waals surface area (Å²) in [5.41, 5.74) is 1.99. The van der Waals surface area contributed by atoms with Crippen LogP contribution in [0.4, 0.5) is 5.69 Å². The van der Waals surface area contributed by atoms with Gasteiger partial charge in [-0.2, -0.15) is 0 Å². The Bertz CT molecular complexity index is 747. The molecule has 0 unspecified atom stereocenters. The second-order valence-corrected chi connectivity index (χ2v) is 6.37. The van der Waals surface area contributed by atoms with Gasteiger partial charge in [-0.15, -0.1) is 0 Å². The number of carbonyl (C=O) groups excluding carboxylic acids is 1. The summed E-state index contributed by atoms with van der Waals surface area (Å²) in [6, 6.07) is 13.3. The molecule has 1 aliphatic heterocycles. The van der Waals surface area contributed by atoms with Crippen molar-refractivity contribution in [3.05, 3.63) is 64.6 Å². The van der Waals surface area contributed by atoms with Crippen molar-refractivity contribution >= 4 is 11.6 Å². The standard InChI is InChI=1S/C19H23N3O2/c1-21-10-7-16(13-19(21)24)15-8-11-22(12-9-15)14-18(23)20-17-5-3-2-4-6-17/h2-7,10,13,15H,8-9,11-12,14H2,1H3,(H,20,23). The van der Waals surface area contributed by atoms with Crippen LogP contribution < -0.4 is 10.9 Å². The summed E-state index contributed by atoms with van der Waals surface area (Å²) in [7, 11) is 1.76. The highest BCUT2D eigenvalue weighted by Crippen LogP contribution is 2.26. The number of amides is 1. The van der Waals surface area contributed by atoms with Gasteiger partial charge in [-0.1, -0.05) is 18.2 Å². The predicted molar refractivity (Wildman–Crippen MR) is 95.2 cm³/mol. The van der Waals surface area contributed by atoms with E-state index in [-0.39, 0.29) is 11.5 Å². The van der Waals surface area contributed by atoms with Crippen molar-refractivity contribution in [2.75, 3.05) is 25.0 Å². The van der Waals surface area contributed by atoms with E-state index in [0.29, 0.717) is 12.5 Å². The lowest BCUT2D eigenvalue weighted by Gasteiger charge is -2.31. The molecule has 1 N–H and O–H groups in total. The zero-order valence-corrected chi connectivity index (χ0v) is 13.9. The van der Waals surface area contributed by atoms with E-state index in [0.717, 1.165) is 37.2 Å². The van der Waals surface area contributed by atoms with E-state index in [1.807, 2.05) is 42.6 Å². The van der Waals surface area contributed by atoms with Crippen LogP contribution in [0.3, 0.4) is 0 Å². The third-order valence-electron chi connectivity index (χ3n) is 4.61. The third-order valence-corrected chi connectivity index (χ3v) is 4.61. The lowest BCUT2D eigenvalue weighted by Crippen LogP contribution is -2.38. The molecule has 0 bridgehead atoms. The van der Waals surface area contributed by atoms with Gasteiger partial charge in [0.1, 0.15) is 0 Å². The van der Waals surface area contributed by atoms with Gasteiger partial charge in [0.05, 0.1) is 6.54 Å². The van der Waals surface area contributed by atoms with Crippen molar-refractivity contribution in [2.24, 2.45) is 7.05 Å². The quantitative estimate of drug-likeness (QED) is 0.938. The number of rotatable bonds is 4. The second-order valence-electron chi connectivity index (χ2n) is 6.37. The van der Waals surface area contributed by atoms with E-state index in [1.165, 1.54) is 0 Å². The Morgan fingerprint density at radius 2 is 1.88 bits per heavy atom. The summed E-state index contributed by atoms with van der Waals surface area (Å²) in [6.45, 7) is 2.17. The molecule has 2 heterocycles. The van der Waals surface area contributed by atoms with Gasteiger partial charge in [0.2, 0.25) is 5.91 Å². The van der Waals surface area contributed by atoms with Crippen LogP contribution in [-0.2, 0) is 11.8 Å². The van der Waals surface area contributed by atoms with E-state index >= 15 is 0 Å². The molecule has 1 amide bonds. The Morgan fingerprint density at radius 1 is 1.17 bits per heavy atom. The summed E-state index contributed by atoms with van der Waals surface area (Å²) in [5, 5.41) is 2.92. The molecule has 1 aromatic carbocycles. The fourth-order valence-corrected chi connectivity index (χ4v) is 3.17. The first kappa shape index (κ1) is 16.5. The molecule has 2 aromatic rings. The summed E-state index contributed by atoms with van der Waals surface area (Å²) in [4.78, 5) is 26.1. The van der Waals surface area contributed by atoms with E-state index < -0.39 is 0 Å². The lowest BCUT2D eigenvalue weighted by molar-refractivity contribution is -0.117. The van der Waals surface area contributed by atoms with E-state index in [4.69, 9.17) is 0 Å². The molecular weight excluding hydrogens is 302 g/mol. The number of aryl methyl sites for hydroxylation is 1. The smallest absolute Gasteiger partial charge is 0.250 e. The number of hydrogen-bond donors (Lipinski definition) is 1. The summed E-state index contributed by atoms with van der Waals surface area (Å²) in [6.07, 6.45) is 3.79. The van der Waals surface area contributed by atoms with Crippen LogP contribution in [0, 0.1) is 0 Å². The van der Waals surface area contributed by atoms with Crippen LogP contribution in [0.25, 0.3) is 0 Å². The van der Waals surface area contributed by atoms with E-state index in [2.05, 4.69) is 10.2 Å². The fraction of sp³-hybridized carbons (Fsp3) is 0.368. The van der Waals surface area contributed by atoms with Gasteiger partial charge in [-0.05, 0) is 55.6 Å². The molecule has 1 fully saturated rings. The van der Waals surface area contributed by atoms with Gasteiger partial charge in [-0.25, -0.2) is 0 Å². The third kappa shape index (κ3) is 4.11. The molecule has 0 radical (unpaired) electrons. The maximum absolute atomic E-state index is 12.1. The maximum atomic E-state index is 12.1. The minimum atomic E-state index is 0.0215. The van der Waals surface area contributed by atoms with Crippen molar-refractivity contribution in [1.29, 1.82) is 0 Å². The minimum Gasteiger partial charge on any atom is -0.325 e. The number of pyridine rings is 1. The zero-order chi connectivity index (χ0) is 16.9. The highest BCUT2D eigenvalue weighted by molar-refractivity contribution is 5.92. The summed E-state index contributed by atoms with van der Waals surface area (Å²) >= 11 is 0. The average Bonchev–Trinajstić information content (AvgIpc) is 2.59. The van der Waals surface area contributed by atoms with Crippen molar-refractivity contribution in [1.82, 2.24) is 9.47 Å². The van der Waals surface area contributed by atoms with Gasteiger partial charge in [0.25, 0.3) is 5.56 Å². The fourth-order valence-electron chi connectivity index (χ4n) is 3.17. The highest BCUT2D eigenvalue weighted by atomic mass is 16.2. The first-order valence-electron chi connectivity index (χ1n) is 8.35. The predicted octanol–water partition coefficient (Wildman–Crippen LogP) is 2.20. The van der Waals surface area contributed by atoms with Gasteiger partial charge in [0.15, 0.2) is 0 Å². The monoisotopic (exact) mass is 325 g/mol. The molecule has 1 aromatic heterocycles. The number of nitrogens with zero attached hydrogens (tertiary/aromatic N) is 2. The van der Waals surface area contributed by atoms with Crippen molar-refractivity contribution in [3.8, 4) is 0 Å². The van der Waals surface area contributed by atoms with Crippen molar-refractivity contribution < 1.29 is 4.79 Å². The first-order chi connectivity index (χ1) is 11.6. The lowest BCUT2D eigenvalue weighted by atomic mass is 9.90. The Hall–Kier alpha value is -2.40. The maximum Gasteiger partial charge on any atom is 0.250 e. The van der Waals surface area contributed by atoms with Crippen LogP contribution in [0.2, 0.25) is 0 Å². The number of anilines is 1. The number of benzene rings is 1. The Labute approximate surface area is 141 Å². The van der Waals surface area contributed by atoms with Crippen molar-refractivity contribution in [2.45, 2.75) is 18.8 Å². The topological polar surface area (TPSA) is 54.3 Å². The molecule has 0 atom stereocenters. The minimum absolute atomic E-state index is 0.0215. The number of aromatic nitrogens is 1. The molecule has 0 aliphatic carbocycles. The zero-order valence-electron chi connectivity index (χ0n) is 13.9. The largest absolute Gasteiger partial charge is 0.325 e. The van der Waals surface area contributed by atoms with Gasteiger partial charge < -0.3 is 9.88 Å². The number of carbonyl (C=O) groups is 1. The van der Waals surface area contributed by atoms with Crippen LogP contribution in [0.1, 0.15) is 24.3 Å². The molecule has 24 heavy (non-hydrogen) atoms. The number of piperidine rings is 1. The molecule has 3 rings (SSSR count). The van der Waals surface area contributed by atoms with E-state index in [1.54, 1.807) is 17.7 Å². The van der Waals surface area contributed by atoms with Crippen molar-refractivity contribution in [3.63, 3.8) is 0 Å². The van der Waals surface area contributed by atoms with Crippen LogP contribution in [-0.4, -0.2) is 35.0 Å². The number of hydrogen-bond acceptors (Lipinski definition) is 3. The number of para-hydroxylation sites is 1. The van der Waals surface area contributed by atoms with E-state index in [9.17, 15) is 9.59 Å². The summed E-state index contributed by atoms with van der Waals surface area (Å²) in [5.74, 6) is 0.431. The Kier molecular flexibility index (Phi) is 5.11. The number of likely N-dealkylation sites (tertiary alicyclic amines) is 1. The molecule has 1 saturated heterocycles. The van der Waals surface area contributed by atoms with Crippen LogP contribution >= 0.6 is 0 Å². The van der Waals surface area contributed by atoms with Crippen LogP contribution in [0.5, 0.6) is 0 Å². The molecule has 1 aliphatic rings. The van der Waals surface area contributed by atoms with Gasteiger partial charge in [0, 0.05) is 25.0 Å². The first-order valence-corrected chi connectivity index (χ1v) is 8.35. The second kappa shape index (κ2) is 7.45. The molecule has 0 saturated carbocycles. The molecular formula is C19H23N3O2. The van der Waals surface area contributed by atoms with Gasteiger partial charge >= 0.3 is 0 Å². The Morgan fingerprint density at radius 3 is 2.54 bits per heavy atom. The highest BCUT2D eigenvalue weighted by Gasteiger charge is 2.22. The number of nitrogens with one attached hydrogen (secondary N) is 1. The summed E-state index contributed by atoms with van der Waals surface area (Å²) < 4.78 is 1.59. The van der Waals surface area contributed by atoms with Gasteiger partial charge in [-0.3, -0.25) is 14.5 Å². The van der Waals surface area contributed by atoms with Crippen LogP contribution in [0.15, 0.2) is 53.5 Å². The molecule has 5 heteroatoms. The average molecular weight is 325 g/mol. The molecule has 126 valence electrons.